The Morgan fingerprint density at radius 3 is 2.61 bits per heavy atom. The molecule has 2 aromatic rings. The number of ether oxygens (including phenoxy) is 1. The van der Waals surface area contributed by atoms with Crippen LogP contribution in [-0.2, 0) is 9.53 Å². The number of rotatable bonds is 3. The summed E-state index contributed by atoms with van der Waals surface area (Å²) in [4.78, 5) is 22.2. The molecule has 0 saturated carbocycles. The second-order valence-corrected chi connectivity index (χ2v) is 7.35. The van der Waals surface area contributed by atoms with Crippen molar-refractivity contribution in [1.82, 2.24) is 20.6 Å². The Morgan fingerprint density at radius 2 is 1.97 bits per heavy atom. The summed E-state index contributed by atoms with van der Waals surface area (Å²) in [7, 11) is 0. The summed E-state index contributed by atoms with van der Waals surface area (Å²) in [5, 5.41) is 14.5. The minimum atomic E-state index is -4.72. The van der Waals surface area contributed by atoms with Gasteiger partial charge in [-0.05, 0) is 12.1 Å². The predicted octanol–water partition coefficient (Wildman–Crippen LogP) is 1.06. The zero-order chi connectivity index (χ0) is 22.2. The van der Waals surface area contributed by atoms with E-state index in [0.29, 0.717) is 5.69 Å². The number of nitrogens with one attached hydrogen (secondary N) is 2. The molecule has 4 atom stereocenters. The molecule has 0 bridgehead atoms. The fourth-order valence-electron chi connectivity index (χ4n) is 3.73. The number of hydrogen-bond acceptors (Lipinski definition) is 7. The van der Waals surface area contributed by atoms with Crippen LogP contribution in [0.4, 0.5) is 23.2 Å². The average Bonchev–Trinajstić information content (AvgIpc) is 3.16. The number of carbonyl (C=O) groups excluding carboxylic acids is 1. The van der Waals surface area contributed by atoms with E-state index < -0.39 is 43.0 Å². The number of benzene rings is 1. The van der Waals surface area contributed by atoms with Gasteiger partial charge in [0.2, 0.25) is 0 Å². The van der Waals surface area contributed by atoms with Gasteiger partial charge in [-0.25, -0.2) is 4.39 Å². The van der Waals surface area contributed by atoms with Gasteiger partial charge in [0, 0.05) is 25.5 Å². The highest BCUT2D eigenvalue weighted by Gasteiger charge is 2.48. The third-order valence-electron chi connectivity index (χ3n) is 5.29. The van der Waals surface area contributed by atoms with Crippen molar-refractivity contribution in [3.63, 3.8) is 0 Å². The maximum absolute atomic E-state index is 13.8. The fraction of sp³-hybridized carbons (Fsp3) is 0.474. The SMILES string of the molecule is N#Cc1ccc(N2CC(C(=O)N[C@H]3CNC[C@H]3F)OC(C(F)(F)F)C2)c2nccnc12. The number of hydrogen-bond donors (Lipinski definition) is 2. The first-order valence-electron chi connectivity index (χ1n) is 9.54. The highest BCUT2D eigenvalue weighted by atomic mass is 19.4. The number of nitriles is 1. The van der Waals surface area contributed by atoms with E-state index in [0.717, 1.165) is 0 Å². The van der Waals surface area contributed by atoms with Crippen LogP contribution in [0.2, 0.25) is 0 Å². The number of aromatic nitrogens is 2. The molecule has 2 aliphatic rings. The topological polar surface area (TPSA) is 103 Å². The van der Waals surface area contributed by atoms with Crippen LogP contribution >= 0.6 is 0 Å². The van der Waals surface area contributed by atoms with Crippen molar-refractivity contribution < 1.29 is 27.1 Å². The van der Waals surface area contributed by atoms with Gasteiger partial charge in [0.05, 0.1) is 30.4 Å². The Bertz CT molecular complexity index is 1030. The first-order valence-corrected chi connectivity index (χ1v) is 9.54. The molecule has 2 N–H and O–H groups in total. The molecule has 3 heterocycles. The molecule has 1 aromatic carbocycles. The molecule has 2 unspecified atom stereocenters. The molecule has 8 nitrogen and oxygen atoms in total. The first-order chi connectivity index (χ1) is 14.8. The molecule has 0 radical (unpaired) electrons. The summed E-state index contributed by atoms with van der Waals surface area (Å²) in [5.74, 6) is -0.820. The van der Waals surface area contributed by atoms with Gasteiger partial charge in [0.1, 0.15) is 23.3 Å². The van der Waals surface area contributed by atoms with Crippen LogP contribution in [0.25, 0.3) is 11.0 Å². The molecule has 0 spiro atoms. The third-order valence-corrected chi connectivity index (χ3v) is 5.29. The monoisotopic (exact) mass is 438 g/mol. The minimum Gasteiger partial charge on any atom is -0.364 e. The summed E-state index contributed by atoms with van der Waals surface area (Å²) >= 11 is 0. The van der Waals surface area contributed by atoms with Gasteiger partial charge in [0.25, 0.3) is 5.91 Å². The van der Waals surface area contributed by atoms with Crippen LogP contribution in [0.15, 0.2) is 24.5 Å². The van der Waals surface area contributed by atoms with Crippen molar-refractivity contribution in [2.24, 2.45) is 0 Å². The van der Waals surface area contributed by atoms with Crippen molar-refractivity contribution >= 4 is 22.6 Å². The van der Waals surface area contributed by atoms with Crippen LogP contribution in [-0.4, -0.2) is 72.7 Å². The standard InChI is InChI=1S/C19H18F4N6O2/c20-11-6-25-7-12(11)28-18(30)14-8-29(9-15(31-14)19(21,22)23)13-2-1-10(5-24)16-17(13)27-4-3-26-16/h1-4,11-12,14-15,25H,6-9H2,(H,28,30)/t11-,12+,14?,15?/m1/s1. The van der Waals surface area contributed by atoms with Gasteiger partial charge in [-0.1, -0.05) is 0 Å². The Hall–Kier alpha value is -3.04. The van der Waals surface area contributed by atoms with E-state index in [1.54, 1.807) is 0 Å². The molecule has 12 heteroatoms. The molecular weight excluding hydrogens is 420 g/mol. The number of carbonyl (C=O) groups is 1. The molecular formula is C19H18F4N6O2. The Kier molecular flexibility index (Phi) is 5.63. The van der Waals surface area contributed by atoms with Crippen molar-refractivity contribution in [2.75, 3.05) is 31.1 Å². The maximum atomic E-state index is 13.8. The van der Waals surface area contributed by atoms with Crippen LogP contribution in [0.3, 0.4) is 0 Å². The van der Waals surface area contributed by atoms with E-state index in [1.807, 2.05) is 6.07 Å². The number of amides is 1. The normalized spacial score (nSPS) is 26.6. The number of fused-ring (bicyclic) bond motifs is 1. The molecule has 2 saturated heterocycles. The number of alkyl halides is 4. The zero-order valence-electron chi connectivity index (χ0n) is 16.1. The molecule has 2 fully saturated rings. The summed E-state index contributed by atoms with van der Waals surface area (Å²) in [6.07, 6.45) is -7.02. The van der Waals surface area contributed by atoms with E-state index in [9.17, 15) is 27.6 Å². The Labute approximate surface area is 174 Å². The largest absolute Gasteiger partial charge is 0.416 e. The predicted molar refractivity (Wildman–Crippen MR) is 101 cm³/mol. The van der Waals surface area contributed by atoms with Crippen LogP contribution in [0.1, 0.15) is 5.56 Å². The number of morpholine rings is 1. The second kappa shape index (κ2) is 8.24. The Balaban J connectivity index is 1.65. The number of anilines is 1. The minimum absolute atomic E-state index is 0.0592. The van der Waals surface area contributed by atoms with E-state index in [2.05, 4.69) is 20.6 Å². The number of halogens is 4. The van der Waals surface area contributed by atoms with Gasteiger partial charge in [0.15, 0.2) is 12.2 Å². The van der Waals surface area contributed by atoms with Crippen LogP contribution < -0.4 is 15.5 Å². The zero-order valence-corrected chi connectivity index (χ0v) is 16.1. The molecule has 2 aliphatic heterocycles. The average molecular weight is 438 g/mol. The lowest BCUT2D eigenvalue weighted by atomic mass is 10.1. The van der Waals surface area contributed by atoms with E-state index in [-0.39, 0.29) is 36.2 Å². The van der Waals surface area contributed by atoms with Gasteiger partial charge in [-0.3, -0.25) is 14.8 Å². The molecule has 4 rings (SSSR count). The molecule has 1 amide bonds. The first kappa shape index (κ1) is 21.2. The van der Waals surface area contributed by atoms with Crippen LogP contribution in [0, 0.1) is 11.3 Å². The quantitative estimate of drug-likeness (QED) is 0.691. The van der Waals surface area contributed by atoms with E-state index >= 15 is 0 Å². The highest BCUT2D eigenvalue weighted by Crippen LogP contribution is 2.33. The second-order valence-electron chi connectivity index (χ2n) is 7.35. The summed E-state index contributed by atoms with van der Waals surface area (Å²) in [5.41, 5.74) is 1.01. The van der Waals surface area contributed by atoms with Crippen molar-refractivity contribution in [1.29, 1.82) is 5.26 Å². The maximum Gasteiger partial charge on any atom is 0.416 e. The fourth-order valence-corrected chi connectivity index (χ4v) is 3.73. The highest BCUT2D eigenvalue weighted by molar-refractivity contribution is 5.92. The number of nitrogens with zero attached hydrogens (tertiary/aromatic N) is 4. The molecule has 164 valence electrons. The lowest BCUT2D eigenvalue weighted by Gasteiger charge is -2.39. The lowest BCUT2D eigenvalue weighted by Crippen LogP contribution is -2.59. The summed E-state index contributed by atoms with van der Waals surface area (Å²) < 4.78 is 59.5. The molecule has 0 aliphatic carbocycles. The summed E-state index contributed by atoms with van der Waals surface area (Å²) in [6.45, 7) is -0.528. The van der Waals surface area contributed by atoms with Gasteiger partial charge in [-0.2, -0.15) is 18.4 Å². The van der Waals surface area contributed by atoms with Gasteiger partial charge < -0.3 is 20.3 Å². The van der Waals surface area contributed by atoms with Gasteiger partial charge in [-0.15, -0.1) is 0 Å². The molecule has 1 aromatic heterocycles. The van der Waals surface area contributed by atoms with Crippen molar-refractivity contribution in [3.05, 3.63) is 30.1 Å². The van der Waals surface area contributed by atoms with Crippen molar-refractivity contribution in [3.8, 4) is 6.07 Å². The van der Waals surface area contributed by atoms with Gasteiger partial charge >= 0.3 is 6.18 Å². The van der Waals surface area contributed by atoms with E-state index in [4.69, 9.17) is 4.74 Å². The smallest absolute Gasteiger partial charge is 0.364 e. The summed E-state index contributed by atoms with van der Waals surface area (Å²) in [6, 6.07) is 4.05. The molecule has 31 heavy (non-hydrogen) atoms. The Morgan fingerprint density at radius 1 is 1.23 bits per heavy atom. The van der Waals surface area contributed by atoms with Crippen molar-refractivity contribution in [2.45, 2.75) is 30.6 Å². The van der Waals surface area contributed by atoms with E-state index in [1.165, 1.54) is 29.4 Å². The lowest BCUT2D eigenvalue weighted by molar-refractivity contribution is -0.234. The third kappa shape index (κ3) is 4.24. The van der Waals surface area contributed by atoms with Crippen LogP contribution in [0.5, 0.6) is 0 Å².